The highest BCUT2D eigenvalue weighted by molar-refractivity contribution is 7.89. The molecule has 1 aromatic carbocycles. The molecule has 0 atom stereocenters. The Bertz CT molecular complexity index is 647. The van der Waals surface area contributed by atoms with Gasteiger partial charge in [-0.2, -0.15) is 9.98 Å². The van der Waals surface area contributed by atoms with Gasteiger partial charge in [-0.3, -0.25) is 0 Å². The number of benzene rings is 1. The molecule has 0 radical (unpaired) electrons. The van der Waals surface area contributed by atoms with Crippen LogP contribution in [0, 0.1) is 11.3 Å². The van der Waals surface area contributed by atoms with Crippen molar-refractivity contribution in [1.29, 1.82) is 5.26 Å². The Morgan fingerprint density at radius 1 is 1.15 bits per heavy atom. The minimum absolute atomic E-state index is 0.0205. The molecule has 0 unspecified atom stereocenters. The molecule has 0 aromatic heterocycles. The van der Waals surface area contributed by atoms with Gasteiger partial charge in [0.15, 0.2) is 0 Å². The largest absolute Gasteiger partial charge is 0.241 e. The van der Waals surface area contributed by atoms with Gasteiger partial charge >= 0.3 is 0 Å². The third-order valence-electron chi connectivity index (χ3n) is 3.45. The molecule has 20 heavy (non-hydrogen) atoms. The fourth-order valence-corrected chi connectivity index (χ4v) is 4.12. The molecule has 1 aromatic rings. The molecule has 1 fully saturated rings. The lowest BCUT2D eigenvalue weighted by Crippen LogP contribution is -2.48. The number of rotatable bonds is 3. The molecular formula is C13H14Cl2N2O2S. The second-order valence-electron chi connectivity index (χ2n) is 4.94. The molecule has 1 aliphatic carbocycles. The molecule has 108 valence electrons. The van der Waals surface area contributed by atoms with Gasteiger partial charge in [0, 0.05) is 0 Å². The summed E-state index contributed by atoms with van der Waals surface area (Å²) in [5.41, 5.74) is -1.01. The standard InChI is InChI=1S/C13H14Cl2N2O2S/c14-11-5-4-10(8-12(11)15)20(18,19)17-13(9-16)6-2-1-3-7-13/h4-5,8,17H,1-3,6-7H2. The van der Waals surface area contributed by atoms with E-state index < -0.39 is 15.6 Å². The van der Waals surface area contributed by atoms with E-state index in [1.165, 1.54) is 18.2 Å². The summed E-state index contributed by atoms with van der Waals surface area (Å²) in [5, 5.41) is 9.79. The lowest BCUT2D eigenvalue weighted by atomic mass is 9.84. The Hall–Kier alpha value is -0.800. The smallest absolute Gasteiger partial charge is 0.207 e. The molecule has 1 N–H and O–H groups in total. The minimum Gasteiger partial charge on any atom is -0.207 e. The van der Waals surface area contributed by atoms with Crippen LogP contribution in [0.15, 0.2) is 23.1 Å². The zero-order valence-electron chi connectivity index (χ0n) is 10.7. The van der Waals surface area contributed by atoms with E-state index in [0.29, 0.717) is 17.9 Å². The molecule has 4 nitrogen and oxygen atoms in total. The van der Waals surface area contributed by atoms with Gasteiger partial charge in [0.1, 0.15) is 5.54 Å². The maximum Gasteiger partial charge on any atom is 0.241 e. The van der Waals surface area contributed by atoms with Gasteiger partial charge in [0.05, 0.1) is 21.0 Å². The molecule has 2 rings (SSSR count). The molecule has 0 heterocycles. The Morgan fingerprint density at radius 3 is 2.35 bits per heavy atom. The average molecular weight is 333 g/mol. The van der Waals surface area contributed by atoms with E-state index in [1.54, 1.807) is 0 Å². The second-order valence-corrected chi connectivity index (χ2v) is 7.43. The summed E-state index contributed by atoms with van der Waals surface area (Å²) in [4.78, 5) is 0.0205. The first kappa shape index (κ1) is 15.6. The van der Waals surface area contributed by atoms with E-state index in [9.17, 15) is 13.7 Å². The predicted molar refractivity (Wildman–Crippen MR) is 78.2 cm³/mol. The summed E-state index contributed by atoms with van der Waals surface area (Å²) >= 11 is 11.6. The van der Waals surface area contributed by atoms with Crippen molar-refractivity contribution >= 4 is 33.2 Å². The minimum atomic E-state index is -3.79. The molecule has 0 saturated heterocycles. The van der Waals surface area contributed by atoms with Gasteiger partial charge in [-0.1, -0.05) is 42.5 Å². The summed E-state index contributed by atoms with van der Waals surface area (Å²) in [7, 11) is -3.79. The Kier molecular flexibility index (Phi) is 4.60. The molecule has 0 amide bonds. The highest BCUT2D eigenvalue weighted by atomic mass is 35.5. The van der Waals surface area contributed by atoms with Crippen LogP contribution in [0.25, 0.3) is 0 Å². The lowest BCUT2D eigenvalue weighted by Gasteiger charge is -2.31. The number of hydrogen-bond acceptors (Lipinski definition) is 3. The SMILES string of the molecule is N#CC1(NS(=O)(=O)c2ccc(Cl)c(Cl)c2)CCCCC1. The van der Waals surface area contributed by atoms with Crippen LogP contribution in [0.1, 0.15) is 32.1 Å². The zero-order valence-corrected chi connectivity index (χ0v) is 13.0. The van der Waals surface area contributed by atoms with Crippen molar-refractivity contribution in [3.63, 3.8) is 0 Å². The number of hydrogen-bond donors (Lipinski definition) is 1. The van der Waals surface area contributed by atoms with Crippen molar-refractivity contribution in [3.05, 3.63) is 28.2 Å². The fraction of sp³-hybridized carbons (Fsp3) is 0.462. The molecule has 7 heteroatoms. The second kappa shape index (κ2) is 5.90. The summed E-state index contributed by atoms with van der Waals surface area (Å²) < 4.78 is 27.3. The number of sulfonamides is 1. The van der Waals surface area contributed by atoms with Crippen molar-refractivity contribution < 1.29 is 8.42 Å². The number of nitrogens with zero attached hydrogens (tertiary/aromatic N) is 1. The van der Waals surface area contributed by atoms with Crippen LogP contribution in [0.2, 0.25) is 10.0 Å². The van der Waals surface area contributed by atoms with Crippen LogP contribution in [0.4, 0.5) is 0 Å². The Labute approximate surface area is 128 Å². The van der Waals surface area contributed by atoms with E-state index in [1.807, 2.05) is 0 Å². The van der Waals surface area contributed by atoms with Gasteiger partial charge < -0.3 is 0 Å². The molecule has 1 aliphatic rings. The maximum atomic E-state index is 12.4. The van der Waals surface area contributed by atoms with Crippen LogP contribution in [-0.4, -0.2) is 14.0 Å². The summed E-state index contributed by atoms with van der Waals surface area (Å²) in [6.07, 6.45) is 3.78. The van der Waals surface area contributed by atoms with Gasteiger partial charge in [-0.15, -0.1) is 0 Å². The average Bonchev–Trinajstić information content (AvgIpc) is 2.42. The van der Waals surface area contributed by atoms with Crippen molar-refractivity contribution in [2.24, 2.45) is 0 Å². The third-order valence-corrected chi connectivity index (χ3v) is 5.73. The highest BCUT2D eigenvalue weighted by Crippen LogP contribution is 2.30. The molecular weight excluding hydrogens is 319 g/mol. The first-order valence-corrected chi connectivity index (χ1v) is 8.53. The first-order valence-electron chi connectivity index (χ1n) is 6.29. The molecule has 0 aliphatic heterocycles. The number of nitriles is 1. The van der Waals surface area contributed by atoms with Crippen LogP contribution < -0.4 is 4.72 Å². The number of halogens is 2. The first-order chi connectivity index (χ1) is 9.38. The third kappa shape index (κ3) is 3.26. The van der Waals surface area contributed by atoms with Crippen molar-refractivity contribution in [2.45, 2.75) is 42.5 Å². The van der Waals surface area contributed by atoms with Crippen LogP contribution in [-0.2, 0) is 10.0 Å². The van der Waals surface area contributed by atoms with Gasteiger partial charge in [-0.25, -0.2) is 8.42 Å². The number of nitrogens with one attached hydrogen (secondary N) is 1. The van der Waals surface area contributed by atoms with Crippen LogP contribution >= 0.6 is 23.2 Å². The molecule has 1 saturated carbocycles. The van der Waals surface area contributed by atoms with E-state index in [4.69, 9.17) is 23.2 Å². The van der Waals surface area contributed by atoms with E-state index in [0.717, 1.165) is 19.3 Å². The van der Waals surface area contributed by atoms with Crippen molar-refractivity contribution in [3.8, 4) is 6.07 Å². The van der Waals surface area contributed by atoms with Gasteiger partial charge in [0.2, 0.25) is 10.0 Å². The summed E-state index contributed by atoms with van der Waals surface area (Å²) in [5.74, 6) is 0. The predicted octanol–water partition coefficient (Wildman–Crippen LogP) is 3.50. The Balaban J connectivity index is 2.30. The van der Waals surface area contributed by atoms with Crippen molar-refractivity contribution in [1.82, 2.24) is 4.72 Å². The molecule has 0 bridgehead atoms. The lowest BCUT2D eigenvalue weighted by molar-refractivity contribution is 0.338. The Morgan fingerprint density at radius 2 is 1.80 bits per heavy atom. The van der Waals surface area contributed by atoms with E-state index in [-0.39, 0.29) is 9.92 Å². The fourth-order valence-electron chi connectivity index (χ4n) is 2.35. The van der Waals surface area contributed by atoms with E-state index >= 15 is 0 Å². The van der Waals surface area contributed by atoms with Crippen LogP contribution in [0.3, 0.4) is 0 Å². The quantitative estimate of drug-likeness (QED) is 0.920. The zero-order chi connectivity index (χ0) is 14.8. The van der Waals surface area contributed by atoms with Crippen molar-refractivity contribution in [2.75, 3.05) is 0 Å². The van der Waals surface area contributed by atoms with Gasteiger partial charge in [0.25, 0.3) is 0 Å². The van der Waals surface area contributed by atoms with Crippen LogP contribution in [0.5, 0.6) is 0 Å². The molecule has 0 spiro atoms. The summed E-state index contributed by atoms with van der Waals surface area (Å²) in [6.45, 7) is 0. The topological polar surface area (TPSA) is 70.0 Å². The van der Waals surface area contributed by atoms with E-state index in [2.05, 4.69) is 10.8 Å². The summed E-state index contributed by atoms with van der Waals surface area (Å²) in [6, 6.07) is 6.22. The highest BCUT2D eigenvalue weighted by Gasteiger charge is 2.36. The normalized spacial score (nSPS) is 18.4. The monoisotopic (exact) mass is 332 g/mol. The maximum absolute atomic E-state index is 12.4. The van der Waals surface area contributed by atoms with Gasteiger partial charge in [-0.05, 0) is 31.0 Å².